The SMILES string of the molecule is CC[N+](CC)(CC(=O)OCC(=O)[C@@]12O[C@H](C3CCCCC3)O[C@@H]1C[C@H]1[C@@H]3CCC4=CC(=O)C=C[C@]4(C)[C@H]3[C@@H](O)C[C@@]12C)Cc1cc([C@H](O)CNCCCCCCOCCCCc2ccccc2)ccc1OP(=O)(O)O.[Cl-]. The summed E-state index contributed by atoms with van der Waals surface area (Å²) in [5.74, 6) is -1.09. The van der Waals surface area contributed by atoms with Gasteiger partial charge < -0.3 is 55.9 Å². The van der Waals surface area contributed by atoms with Gasteiger partial charge in [-0.05, 0) is 138 Å². The number of rotatable bonds is 27. The Morgan fingerprint density at radius 1 is 0.947 bits per heavy atom. The van der Waals surface area contributed by atoms with Crippen molar-refractivity contribution < 1.29 is 79.3 Å². The third-order valence-corrected chi connectivity index (χ3v) is 19.1. The van der Waals surface area contributed by atoms with Gasteiger partial charge in [0.1, 0.15) is 12.3 Å². The Hall–Kier alpha value is -3.31. The predicted molar refractivity (Wildman–Crippen MR) is 284 cm³/mol. The molecular formula is C59H86ClN2O13P. The summed E-state index contributed by atoms with van der Waals surface area (Å²) in [5.41, 5.74) is 0.570. The fourth-order valence-corrected chi connectivity index (χ4v) is 14.9. The van der Waals surface area contributed by atoms with Crippen LogP contribution in [-0.2, 0) is 50.9 Å². The van der Waals surface area contributed by atoms with Crippen LogP contribution in [0.1, 0.15) is 147 Å². The number of hydrogen-bond acceptors (Lipinski definition) is 12. The number of esters is 1. The van der Waals surface area contributed by atoms with Crippen molar-refractivity contribution in [2.24, 2.45) is 34.5 Å². The van der Waals surface area contributed by atoms with Crippen LogP contribution in [0.3, 0.4) is 0 Å². The summed E-state index contributed by atoms with van der Waals surface area (Å²) in [7, 11) is -4.99. The summed E-state index contributed by atoms with van der Waals surface area (Å²) >= 11 is 0. The van der Waals surface area contributed by atoms with Gasteiger partial charge in [0.05, 0.1) is 31.4 Å². The Kier molecular flexibility index (Phi) is 20.9. The fraction of sp³-hybridized carbons (Fsp3) is 0.678. The molecule has 1 aliphatic heterocycles. The van der Waals surface area contributed by atoms with E-state index in [0.717, 1.165) is 109 Å². The number of likely N-dealkylation sites (N-methyl/N-ethyl adjacent to an activating group) is 1. The van der Waals surface area contributed by atoms with E-state index < -0.39 is 61.4 Å². The van der Waals surface area contributed by atoms with Crippen LogP contribution in [-0.4, -0.2) is 119 Å². The smallest absolute Gasteiger partial charge is 0.524 e. The number of Topliss-reactive ketones (excluding diaryl/α,β-unsaturated/α-hetero) is 1. The molecule has 0 radical (unpaired) electrons. The minimum Gasteiger partial charge on any atom is -1.00 e. The van der Waals surface area contributed by atoms with Gasteiger partial charge in [-0.3, -0.25) is 19.4 Å². The lowest BCUT2D eigenvalue weighted by molar-refractivity contribution is -0.931. The summed E-state index contributed by atoms with van der Waals surface area (Å²) in [6.07, 6.45) is 17.2. The highest BCUT2D eigenvalue weighted by atomic mass is 35.5. The maximum Gasteiger partial charge on any atom is 0.524 e. The molecular weight excluding hydrogens is 1010 g/mol. The summed E-state index contributed by atoms with van der Waals surface area (Å²) < 4.78 is 43.3. The molecule has 8 rings (SSSR count). The number of quaternary nitrogens is 1. The number of nitrogens with zero attached hydrogens (tertiary/aromatic N) is 1. The minimum atomic E-state index is -4.99. The number of ether oxygens (including phenoxy) is 4. The molecule has 1 heterocycles. The van der Waals surface area contributed by atoms with Gasteiger partial charge in [0.15, 0.2) is 30.8 Å². The average molecular weight is 1100 g/mol. The molecule has 6 aliphatic rings. The van der Waals surface area contributed by atoms with E-state index in [1.165, 1.54) is 11.6 Å². The van der Waals surface area contributed by atoms with Gasteiger partial charge in [-0.1, -0.05) is 94.0 Å². The molecule has 17 heteroatoms. The highest BCUT2D eigenvalue weighted by Crippen LogP contribution is 2.70. The van der Waals surface area contributed by atoms with Crippen molar-refractivity contribution in [1.29, 1.82) is 0 Å². The zero-order chi connectivity index (χ0) is 53.4. The number of aliphatic hydroxyl groups excluding tert-OH is 2. The number of nitrogens with one attached hydrogen (secondary N) is 1. The second-order valence-corrected chi connectivity index (χ2v) is 24.4. The number of fused-ring (bicyclic) bond motifs is 7. The summed E-state index contributed by atoms with van der Waals surface area (Å²) in [6.45, 7) is 10.8. The van der Waals surface area contributed by atoms with E-state index in [-0.39, 0.29) is 77.5 Å². The number of ketones is 2. The predicted octanol–water partition coefficient (Wildman–Crippen LogP) is 5.80. The normalized spacial score (nSPS) is 29.6. The van der Waals surface area contributed by atoms with E-state index in [1.807, 2.05) is 26.0 Å². The highest BCUT2D eigenvalue weighted by Gasteiger charge is 2.76. The van der Waals surface area contributed by atoms with Gasteiger partial charge in [0.2, 0.25) is 5.78 Å². The first-order valence-electron chi connectivity index (χ1n) is 28.3. The minimum absolute atomic E-state index is 0. The molecule has 76 heavy (non-hydrogen) atoms. The number of hydrogen-bond donors (Lipinski definition) is 5. The first kappa shape index (κ1) is 60.3. The molecule has 0 aromatic heterocycles. The van der Waals surface area contributed by atoms with E-state index in [2.05, 4.69) is 43.4 Å². The van der Waals surface area contributed by atoms with Gasteiger partial charge in [-0.2, -0.15) is 0 Å². The molecule has 2 aromatic rings. The molecule has 4 saturated carbocycles. The van der Waals surface area contributed by atoms with E-state index in [1.54, 1.807) is 24.3 Å². The van der Waals surface area contributed by atoms with Crippen LogP contribution in [0.2, 0.25) is 0 Å². The average Bonchev–Trinajstić information content (AvgIpc) is 3.90. The lowest BCUT2D eigenvalue weighted by Crippen LogP contribution is -3.00. The van der Waals surface area contributed by atoms with Gasteiger partial charge in [0, 0.05) is 48.0 Å². The van der Waals surface area contributed by atoms with Gasteiger partial charge in [-0.25, -0.2) is 9.36 Å². The Bertz CT molecular complexity index is 2390. The monoisotopic (exact) mass is 1100 g/mol. The topological polar surface area (TPSA) is 207 Å². The molecule has 5 fully saturated rings. The molecule has 1 saturated heterocycles. The summed E-state index contributed by atoms with van der Waals surface area (Å²) in [6, 6.07) is 15.2. The molecule has 2 aromatic carbocycles. The molecule has 0 unspecified atom stereocenters. The van der Waals surface area contributed by atoms with Crippen LogP contribution < -0.4 is 22.2 Å². The van der Waals surface area contributed by atoms with Crippen molar-refractivity contribution in [3.05, 3.63) is 89.0 Å². The largest absolute Gasteiger partial charge is 1.00 e. The molecule has 5 N–H and O–H groups in total. The van der Waals surface area contributed by atoms with Crippen LogP contribution in [0, 0.1) is 34.5 Å². The molecule has 10 atom stereocenters. The highest BCUT2D eigenvalue weighted by molar-refractivity contribution is 7.46. The summed E-state index contributed by atoms with van der Waals surface area (Å²) in [5, 5.41) is 26.9. The molecule has 0 amide bonds. The number of carbonyl (C=O) groups excluding carboxylic acids is 3. The Morgan fingerprint density at radius 3 is 2.39 bits per heavy atom. The number of halogens is 1. The number of phosphoric ester groups is 1. The van der Waals surface area contributed by atoms with Crippen LogP contribution in [0.15, 0.2) is 72.3 Å². The van der Waals surface area contributed by atoms with Crippen LogP contribution in [0.4, 0.5) is 0 Å². The quantitative estimate of drug-likeness (QED) is 0.0310. The maximum absolute atomic E-state index is 15.2. The third-order valence-electron chi connectivity index (χ3n) is 18.6. The van der Waals surface area contributed by atoms with E-state index in [4.69, 9.17) is 23.5 Å². The number of allylic oxidation sites excluding steroid dienone is 4. The first-order valence-corrected chi connectivity index (χ1v) is 29.8. The fourth-order valence-electron chi connectivity index (χ4n) is 14.5. The molecule has 0 bridgehead atoms. The lowest BCUT2D eigenvalue weighted by atomic mass is 9.46. The van der Waals surface area contributed by atoms with Crippen molar-refractivity contribution in [1.82, 2.24) is 5.32 Å². The van der Waals surface area contributed by atoms with Crippen molar-refractivity contribution >= 4 is 25.4 Å². The number of unbranched alkanes of at least 4 members (excludes halogenated alkanes) is 4. The number of phosphoric acid groups is 1. The summed E-state index contributed by atoms with van der Waals surface area (Å²) in [4.78, 5) is 61.6. The third kappa shape index (κ3) is 13.5. The second-order valence-electron chi connectivity index (χ2n) is 23.2. The van der Waals surface area contributed by atoms with Crippen molar-refractivity contribution in [3.8, 4) is 5.75 Å². The van der Waals surface area contributed by atoms with Gasteiger partial charge >= 0.3 is 13.8 Å². The van der Waals surface area contributed by atoms with Crippen molar-refractivity contribution in [2.75, 3.05) is 52.5 Å². The molecule has 0 spiro atoms. The van der Waals surface area contributed by atoms with Crippen LogP contribution in [0.25, 0.3) is 0 Å². The standard InChI is InChI=1S/C59H85N2O13P.ClH/c1-5-61(6-2,38-44-33-43(24-27-51(44)74-75(67,68)69)50(64)37-60-30-16-7-8-17-31-70-32-18-15-21-41-19-11-9-12-20-41)39-54(66)71-40-52(65)59-53(72-56(73-59)42-22-13-10-14-23-42)35-48-47-26-25-45-34-46(62)28-29-57(45,3)55(47)49(63)36-58(48,59)4;/h9,11-12,19-20,24,27-29,33-34,42,47-50,53,55-56,60,63-64H,5-8,10,13-18,21-23,25-26,30-32,35-40H2,1-4H3,(H-,67,68,69);1H/t47-,48-,49-,50+,53+,55+,56+,57-,58-,59+;/m0./s1. The van der Waals surface area contributed by atoms with Crippen LogP contribution in [0.5, 0.6) is 5.75 Å². The van der Waals surface area contributed by atoms with Gasteiger partial charge in [-0.15, -0.1) is 0 Å². The molecule has 422 valence electrons. The van der Waals surface area contributed by atoms with Crippen molar-refractivity contribution in [3.63, 3.8) is 0 Å². The zero-order valence-electron chi connectivity index (χ0n) is 45.4. The number of aliphatic hydroxyl groups is 2. The first-order chi connectivity index (χ1) is 35.9. The van der Waals surface area contributed by atoms with E-state index in [9.17, 15) is 34.2 Å². The zero-order valence-corrected chi connectivity index (χ0v) is 47.0. The number of carbonyl (C=O) groups is 3. The van der Waals surface area contributed by atoms with E-state index in [0.29, 0.717) is 43.6 Å². The van der Waals surface area contributed by atoms with Crippen LogP contribution >= 0.6 is 7.82 Å². The Morgan fingerprint density at radius 2 is 1.67 bits per heavy atom. The van der Waals surface area contributed by atoms with Gasteiger partial charge in [0.25, 0.3) is 0 Å². The Labute approximate surface area is 457 Å². The number of benzene rings is 2. The van der Waals surface area contributed by atoms with E-state index >= 15 is 4.79 Å². The Balaban J connectivity index is 0.00000840. The second kappa shape index (κ2) is 26.3. The molecule has 5 aliphatic carbocycles. The molecule has 15 nitrogen and oxygen atoms in total. The van der Waals surface area contributed by atoms with Crippen molar-refractivity contribution in [2.45, 2.75) is 167 Å². The maximum atomic E-state index is 15.2. The number of aryl methyl sites for hydroxylation is 1. The lowest BCUT2D eigenvalue weighted by Gasteiger charge is -2.59.